The molecule has 0 bridgehead atoms. The van der Waals surface area contributed by atoms with Crippen LogP contribution >= 0.6 is 11.6 Å². The Hall–Kier alpha value is -1.58. The molecule has 2 nitrogen and oxygen atoms in total. The molecule has 0 aliphatic carbocycles. The van der Waals surface area contributed by atoms with E-state index in [4.69, 9.17) is 16.3 Å². The molecule has 0 heterocycles. The first kappa shape index (κ1) is 14.8. The van der Waals surface area contributed by atoms with E-state index in [9.17, 15) is 9.50 Å². The normalized spacial score (nSPS) is 12.3. The van der Waals surface area contributed by atoms with Crippen LogP contribution in [-0.4, -0.2) is 5.11 Å². The van der Waals surface area contributed by atoms with Crippen LogP contribution in [0.15, 0.2) is 30.3 Å². The van der Waals surface area contributed by atoms with Gasteiger partial charge in [0.1, 0.15) is 5.75 Å². The molecule has 0 radical (unpaired) electrons. The maximum Gasteiger partial charge on any atom is 0.166 e. The van der Waals surface area contributed by atoms with Crippen LogP contribution in [0.3, 0.4) is 0 Å². The van der Waals surface area contributed by atoms with E-state index >= 15 is 0 Å². The predicted molar refractivity (Wildman–Crippen MR) is 78.0 cm³/mol. The zero-order valence-electron chi connectivity index (χ0n) is 11.6. The number of halogens is 2. The van der Waals surface area contributed by atoms with E-state index in [0.717, 1.165) is 11.1 Å². The second kappa shape index (κ2) is 5.81. The molecule has 2 rings (SSSR count). The van der Waals surface area contributed by atoms with Gasteiger partial charge in [0.15, 0.2) is 11.6 Å². The zero-order chi connectivity index (χ0) is 14.9. The summed E-state index contributed by atoms with van der Waals surface area (Å²) in [5, 5.41) is 10.1. The van der Waals surface area contributed by atoms with Gasteiger partial charge in [-0.05, 0) is 61.7 Å². The highest BCUT2D eigenvalue weighted by Gasteiger charge is 2.10. The lowest BCUT2D eigenvalue weighted by Gasteiger charge is -2.12. The molecule has 2 aromatic carbocycles. The number of aliphatic hydroxyl groups excluding tert-OH is 1. The third kappa shape index (κ3) is 3.11. The second-order valence-corrected chi connectivity index (χ2v) is 5.22. The SMILES string of the molecule is Cc1cc(Oc2ccc([C@@H](C)O)cc2F)cc(C)c1Cl. The molecule has 106 valence electrons. The van der Waals surface area contributed by atoms with Crippen LogP contribution in [0.2, 0.25) is 5.02 Å². The van der Waals surface area contributed by atoms with Crippen molar-refractivity contribution >= 4 is 11.6 Å². The van der Waals surface area contributed by atoms with Crippen molar-refractivity contribution in [3.63, 3.8) is 0 Å². The molecule has 4 heteroatoms. The highest BCUT2D eigenvalue weighted by molar-refractivity contribution is 6.32. The molecule has 0 saturated heterocycles. The Balaban J connectivity index is 2.31. The Labute approximate surface area is 122 Å². The molecular weight excluding hydrogens is 279 g/mol. The summed E-state index contributed by atoms with van der Waals surface area (Å²) < 4.78 is 19.5. The van der Waals surface area contributed by atoms with E-state index < -0.39 is 11.9 Å². The van der Waals surface area contributed by atoms with Gasteiger partial charge in [0.25, 0.3) is 0 Å². The van der Waals surface area contributed by atoms with Crippen LogP contribution in [0.5, 0.6) is 11.5 Å². The quantitative estimate of drug-likeness (QED) is 0.868. The average molecular weight is 295 g/mol. The minimum Gasteiger partial charge on any atom is -0.454 e. The summed E-state index contributed by atoms with van der Waals surface area (Å²) in [4.78, 5) is 0. The Morgan fingerprint density at radius 2 is 1.75 bits per heavy atom. The average Bonchev–Trinajstić information content (AvgIpc) is 2.38. The van der Waals surface area contributed by atoms with Gasteiger partial charge in [-0.2, -0.15) is 0 Å². The number of rotatable bonds is 3. The van der Waals surface area contributed by atoms with Crippen molar-refractivity contribution in [3.8, 4) is 11.5 Å². The summed E-state index contributed by atoms with van der Waals surface area (Å²) >= 11 is 6.08. The van der Waals surface area contributed by atoms with Gasteiger partial charge in [0, 0.05) is 5.02 Å². The van der Waals surface area contributed by atoms with Gasteiger partial charge in [-0.3, -0.25) is 0 Å². The number of hydrogen-bond donors (Lipinski definition) is 1. The van der Waals surface area contributed by atoms with E-state index in [1.165, 1.54) is 12.1 Å². The number of ether oxygens (including phenoxy) is 1. The Kier molecular flexibility index (Phi) is 4.31. The maximum absolute atomic E-state index is 13.9. The van der Waals surface area contributed by atoms with Crippen LogP contribution in [0.4, 0.5) is 4.39 Å². The minimum atomic E-state index is -0.710. The lowest BCUT2D eigenvalue weighted by atomic mass is 10.1. The fourth-order valence-electron chi connectivity index (χ4n) is 1.95. The van der Waals surface area contributed by atoms with Crippen LogP contribution in [0, 0.1) is 19.7 Å². The summed E-state index contributed by atoms with van der Waals surface area (Å²) in [7, 11) is 0. The van der Waals surface area contributed by atoms with Gasteiger partial charge < -0.3 is 9.84 Å². The maximum atomic E-state index is 13.9. The van der Waals surface area contributed by atoms with Crippen molar-refractivity contribution in [1.29, 1.82) is 0 Å². The lowest BCUT2D eigenvalue weighted by molar-refractivity contribution is 0.198. The van der Waals surface area contributed by atoms with Gasteiger partial charge in [0.2, 0.25) is 0 Å². The Morgan fingerprint density at radius 3 is 2.25 bits per heavy atom. The molecule has 1 N–H and O–H groups in total. The van der Waals surface area contributed by atoms with Crippen LogP contribution in [0.25, 0.3) is 0 Å². The fourth-order valence-corrected chi connectivity index (χ4v) is 2.06. The van der Waals surface area contributed by atoms with E-state index in [2.05, 4.69) is 0 Å². The smallest absolute Gasteiger partial charge is 0.166 e. The van der Waals surface area contributed by atoms with Gasteiger partial charge in [-0.15, -0.1) is 0 Å². The zero-order valence-corrected chi connectivity index (χ0v) is 12.3. The summed E-state index contributed by atoms with van der Waals surface area (Å²) in [6.07, 6.45) is -0.710. The third-order valence-electron chi connectivity index (χ3n) is 3.08. The minimum absolute atomic E-state index is 0.121. The van der Waals surface area contributed by atoms with E-state index in [1.54, 1.807) is 25.1 Å². The van der Waals surface area contributed by atoms with Crippen LogP contribution in [0.1, 0.15) is 29.7 Å². The van der Waals surface area contributed by atoms with Crippen LogP contribution < -0.4 is 4.74 Å². The highest BCUT2D eigenvalue weighted by atomic mass is 35.5. The molecular formula is C16H16ClFO2. The van der Waals surface area contributed by atoms with Crippen molar-refractivity contribution in [3.05, 3.63) is 57.9 Å². The first-order chi connectivity index (χ1) is 9.38. The largest absolute Gasteiger partial charge is 0.454 e. The van der Waals surface area contributed by atoms with Crippen molar-refractivity contribution in [1.82, 2.24) is 0 Å². The second-order valence-electron chi connectivity index (χ2n) is 4.84. The number of hydrogen-bond acceptors (Lipinski definition) is 2. The van der Waals surface area contributed by atoms with E-state index in [1.807, 2.05) is 13.8 Å². The third-order valence-corrected chi connectivity index (χ3v) is 3.67. The van der Waals surface area contributed by atoms with Gasteiger partial charge in [-0.1, -0.05) is 17.7 Å². The molecule has 0 saturated carbocycles. The summed E-state index contributed by atoms with van der Waals surface area (Å²) in [5.41, 5.74) is 2.27. The fraction of sp³-hybridized carbons (Fsp3) is 0.250. The monoisotopic (exact) mass is 294 g/mol. The number of aryl methyl sites for hydroxylation is 2. The Morgan fingerprint density at radius 1 is 1.15 bits per heavy atom. The van der Waals surface area contributed by atoms with Crippen LogP contribution in [-0.2, 0) is 0 Å². The molecule has 0 aliphatic rings. The van der Waals surface area contributed by atoms with Crippen molar-refractivity contribution < 1.29 is 14.2 Å². The van der Waals surface area contributed by atoms with Crippen molar-refractivity contribution in [2.75, 3.05) is 0 Å². The summed E-state index contributed by atoms with van der Waals surface area (Å²) in [5.74, 6) is 0.150. The molecule has 0 aliphatic heterocycles. The topological polar surface area (TPSA) is 29.5 Å². The standard InChI is InChI=1S/C16H16ClFO2/c1-9-6-13(7-10(2)16(9)17)20-15-5-4-12(11(3)19)8-14(15)18/h4-8,11,19H,1-3H3/t11-/m1/s1. The lowest BCUT2D eigenvalue weighted by Crippen LogP contribution is -1.95. The number of benzene rings is 2. The molecule has 20 heavy (non-hydrogen) atoms. The van der Waals surface area contributed by atoms with Gasteiger partial charge >= 0.3 is 0 Å². The first-order valence-corrected chi connectivity index (χ1v) is 6.68. The molecule has 0 amide bonds. The molecule has 1 atom stereocenters. The Bertz CT molecular complexity index is 615. The summed E-state index contributed by atoms with van der Waals surface area (Å²) in [6, 6.07) is 7.94. The first-order valence-electron chi connectivity index (χ1n) is 6.30. The molecule has 0 aromatic heterocycles. The number of aliphatic hydroxyl groups is 1. The molecule has 0 spiro atoms. The van der Waals surface area contributed by atoms with Gasteiger partial charge in [-0.25, -0.2) is 4.39 Å². The molecule has 0 fully saturated rings. The van der Waals surface area contributed by atoms with E-state index in [-0.39, 0.29) is 5.75 Å². The highest BCUT2D eigenvalue weighted by Crippen LogP contribution is 2.31. The molecule has 0 unspecified atom stereocenters. The summed E-state index contributed by atoms with van der Waals surface area (Å²) in [6.45, 7) is 5.32. The van der Waals surface area contributed by atoms with Crippen molar-refractivity contribution in [2.45, 2.75) is 26.9 Å². The van der Waals surface area contributed by atoms with Crippen molar-refractivity contribution in [2.24, 2.45) is 0 Å². The predicted octanol–water partition coefficient (Wildman–Crippen LogP) is 4.94. The molecule has 2 aromatic rings. The van der Waals surface area contributed by atoms with E-state index in [0.29, 0.717) is 16.3 Å². The van der Waals surface area contributed by atoms with Gasteiger partial charge in [0.05, 0.1) is 6.10 Å².